The van der Waals surface area contributed by atoms with Gasteiger partial charge in [0.05, 0.1) is 4.90 Å². The maximum Gasteiger partial charge on any atom is 0.251 e. The van der Waals surface area contributed by atoms with Crippen molar-refractivity contribution >= 4 is 15.9 Å². The molecule has 0 bridgehead atoms. The van der Waals surface area contributed by atoms with Crippen molar-refractivity contribution in [3.63, 3.8) is 0 Å². The molecule has 2 heterocycles. The summed E-state index contributed by atoms with van der Waals surface area (Å²) in [5.74, 6) is 0.573. The van der Waals surface area contributed by atoms with Gasteiger partial charge in [-0.3, -0.25) is 4.79 Å². The monoisotopic (exact) mass is 406 g/mol. The lowest BCUT2D eigenvalue weighted by Crippen LogP contribution is -2.52. The zero-order chi connectivity index (χ0) is 19.6. The van der Waals surface area contributed by atoms with Gasteiger partial charge in [-0.15, -0.1) is 0 Å². The maximum atomic E-state index is 13.0. The van der Waals surface area contributed by atoms with Crippen LogP contribution in [0.25, 0.3) is 0 Å². The molecule has 0 unspecified atom stereocenters. The summed E-state index contributed by atoms with van der Waals surface area (Å²) in [6, 6.07) is 7.48. The normalized spacial score (nSPS) is 25.1. The molecule has 0 radical (unpaired) electrons. The van der Waals surface area contributed by atoms with Gasteiger partial charge in [-0.2, -0.15) is 4.31 Å². The van der Waals surface area contributed by atoms with E-state index >= 15 is 0 Å². The Morgan fingerprint density at radius 3 is 2.18 bits per heavy atom. The average Bonchev–Trinajstić information content (AvgIpc) is 3.29. The van der Waals surface area contributed by atoms with E-state index in [1.807, 2.05) is 12.1 Å². The fraction of sp³-hybridized carbons (Fsp3) is 0.667. The van der Waals surface area contributed by atoms with Crippen LogP contribution in [-0.2, 0) is 19.6 Å². The second-order valence-electron chi connectivity index (χ2n) is 8.14. The third kappa shape index (κ3) is 4.11. The van der Waals surface area contributed by atoms with Gasteiger partial charge in [0.1, 0.15) is 6.10 Å². The summed E-state index contributed by atoms with van der Waals surface area (Å²) in [7, 11) is -3.51. The van der Waals surface area contributed by atoms with Gasteiger partial charge in [-0.1, -0.05) is 31.4 Å². The van der Waals surface area contributed by atoms with Crippen molar-refractivity contribution in [1.82, 2.24) is 9.21 Å². The molecule has 2 aliphatic heterocycles. The number of carbonyl (C=O) groups excluding carboxylic acids is 1. The molecule has 2 saturated heterocycles. The molecule has 0 N–H and O–H groups in total. The van der Waals surface area contributed by atoms with Crippen LogP contribution < -0.4 is 0 Å². The highest BCUT2D eigenvalue weighted by Crippen LogP contribution is 2.33. The van der Waals surface area contributed by atoms with Crippen molar-refractivity contribution < 1.29 is 17.9 Å². The van der Waals surface area contributed by atoms with Gasteiger partial charge < -0.3 is 9.64 Å². The van der Waals surface area contributed by atoms with Crippen LogP contribution in [0.2, 0.25) is 0 Å². The first-order chi connectivity index (χ1) is 13.6. The number of rotatable bonds is 4. The number of nitrogens with zero attached hydrogens (tertiary/aromatic N) is 2. The Balaban J connectivity index is 1.38. The molecule has 4 rings (SSSR count). The number of sulfonamides is 1. The Kier molecular flexibility index (Phi) is 6.04. The van der Waals surface area contributed by atoms with Crippen LogP contribution in [0.3, 0.4) is 0 Å². The molecule has 1 aromatic rings. The molecule has 6 nitrogen and oxygen atoms in total. The second-order valence-corrected chi connectivity index (χ2v) is 10.1. The van der Waals surface area contributed by atoms with Crippen LogP contribution >= 0.6 is 0 Å². The average molecular weight is 407 g/mol. The number of amides is 1. The Bertz CT molecular complexity index is 773. The van der Waals surface area contributed by atoms with E-state index < -0.39 is 10.0 Å². The zero-order valence-electron chi connectivity index (χ0n) is 16.4. The minimum Gasteiger partial charge on any atom is -0.368 e. The van der Waals surface area contributed by atoms with Crippen molar-refractivity contribution in [3.8, 4) is 0 Å². The summed E-state index contributed by atoms with van der Waals surface area (Å²) in [4.78, 5) is 14.5. The Morgan fingerprint density at radius 2 is 1.57 bits per heavy atom. The third-order valence-corrected chi connectivity index (χ3v) is 8.26. The summed E-state index contributed by atoms with van der Waals surface area (Å²) in [5.41, 5.74) is 1.26. The van der Waals surface area contributed by atoms with Crippen molar-refractivity contribution in [2.24, 2.45) is 0 Å². The molecule has 1 aliphatic carbocycles. The van der Waals surface area contributed by atoms with Crippen LogP contribution in [-0.4, -0.2) is 62.4 Å². The minimum absolute atomic E-state index is 0.00591. The number of hydrogen-bond donors (Lipinski definition) is 0. The van der Waals surface area contributed by atoms with Crippen LogP contribution in [0, 0.1) is 0 Å². The SMILES string of the molecule is O=C([C@@H]1CCCO1)N1CCN(S(=O)(=O)c2ccc(C3CCCCC3)cc2)CC1. The van der Waals surface area contributed by atoms with E-state index in [4.69, 9.17) is 4.74 Å². The van der Waals surface area contributed by atoms with Gasteiger partial charge in [0.2, 0.25) is 10.0 Å². The van der Waals surface area contributed by atoms with Gasteiger partial charge in [0.15, 0.2) is 0 Å². The molecule has 28 heavy (non-hydrogen) atoms. The van der Waals surface area contributed by atoms with Gasteiger partial charge in [-0.25, -0.2) is 8.42 Å². The van der Waals surface area contributed by atoms with Gasteiger partial charge >= 0.3 is 0 Å². The predicted octanol–water partition coefficient (Wildman–Crippen LogP) is 2.75. The van der Waals surface area contributed by atoms with Gasteiger partial charge in [-0.05, 0) is 49.3 Å². The predicted molar refractivity (Wildman–Crippen MR) is 107 cm³/mol. The zero-order valence-corrected chi connectivity index (χ0v) is 17.2. The van der Waals surface area contributed by atoms with Crippen molar-refractivity contribution in [1.29, 1.82) is 0 Å². The van der Waals surface area contributed by atoms with Crippen molar-refractivity contribution in [2.75, 3.05) is 32.8 Å². The minimum atomic E-state index is -3.51. The molecule has 7 heteroatoms. The van der Waals surface area contributed by atoms with Crippen LogP contribution in [0.4, 0.5) is 0 Å². The number of benzene rings is 1. The molecule has 3 aliphatic rings. The van der Waals surface area contributed by atoms with Crippen LogP contribution in [0.1, 0.15) is 56.4 Å². The van der Waals surface area contributed by atoms with E-state index in [9.17, 15) is 13.2 Å². The number of piperazine rings is 1. The highest BCUT2D eigenvalue weighted by molar-refractivity contribution is 7.89. The highest BCUT2D eigenvalue weighted by Gasteiger charge is 2.34. The highest BCUT2D eigenvalue weighted by atomic mass is 32.2. The Hall–Kier alpha value is -1.44. The largest absolute Gasteiger partial charge is 0.368 e. The molecule has 0 aromatic heterocycles. The molecule has 1 saturated carbocycles. The summed E-state index contributed by atoms with van der Waals surface area (Å²) >= 11 is 0. The van der Waals surface area contributed by atoms with E-state index in [0.29, 0.717) is 43.6 Å². The molecule has 154 valence electrons. The first kappa shape index (κ1) is 19.9. The summed E-state index contributed by atoms with van der Waals surface area (Å²) in [6.45, 7) is 2.17. The van der Waals surface area contributed by atoms with Crippen LogP contribution in [0.15, 0.2) is 29.2 Å². The first-order valence-electron chi connectivity index (χ1n) is 10.6. The summed E-state index contributed by atoms with van der Waals surface area (Å²) < 4.78 is 33.0. The van der Waals surface area contributed by atoms with E-state index in [2.05, 4.69) is 0 Å². The number of carbonyl (C=O) groups is 1. The topological polar surface area (TPSA) is 66.9 Å². The van der Waals surface area contributed by atoms with Gasteiger partial charge in [0, 0.05) is 32.8 Å². The van der Waals surface area contributed by atoms with Gasteiger partial charge in [0.25, 0.3) is 5.91 Å². The fourth-order valence-corrected chi connectivity index (χ4v) is 6.04. The van der Waals surface area contributed by atoms with E-state index in [-0.39, 0.29) is 12.0 Å². The van der Waals surface area contributed by atoms with Crippen molar-refractivity contribution in [2.45, 2.75) is 61.9 Å². The lowest BCUT2D eigenvalue weighted by atomic mass is 9.84. The lowest BCUT2D eigenvalue weighted by molar-refractivity contribution is -0.142. The smallest absolute Gasteiger partial charge is 0.251 e. The summed E-state index contributed by atoms with van der Waals surface area (Å²) in [6.07, 6.45) is 7.59. The fourth-order valence-electron chi connectivity index (χ4n) is 4.62. The summed E-state index contributed by atoms with van der Waals surface area (Å²) in [5, 5.41) is 0. The molecular formula is C21H30N2O4S. The Morgan fingerprint density at radius 1 is 0.893 bits per heavy atom. The quantitative estimate of drug-likeness (QED) is 0.771. The molecule has 0 spiro atoms. The molecule has 1 atom stereocenters. The third-order valence-electron chi connectivity index (χ3n) is 6.35. The molecular weight excluding hydrogens is 376 g/mol. The number of ether oxygens (including phenoxy) is 1. The second kappa shape index (κ2) is 8.51. The van der Waals surface area contributed by atoms with E-state index in [1.54, 1.807) is 17.0 Å². The first-order valence-corrected chi connectivity index (χ1v) is 12.0. The molecule has 1 aromatic carbocycles. The maximum absolute atomic E-state index is 13.0. The molecule has 1 amide bonds. The van der Waals surface area contributed by atoms with E-state index in [0.717, 1.165) is 12.8 Å². The van der Waals surface area contributed by atoms with Crippen LogP contribution in [0.5, 0.6) is 0 Å². The van der Waals surface area contributed by atoms with E-state index in [1.165, 1.54) is 42.0 Å². The Labute approximate surface area is 167 Å². The molecule has 3 fully saturated rings. The number of hydrogen-bond acceptors (Lipinski definition) is 4. The van der Waals surface area contributed by atoms with Crippen molar-refractivity contribution in [3.05, 3.63) is 29.8 Å². The lowest BCUT2D eigenvalue weighted by Gasteiger charge is -2.35. The standard InChI is InChI=1S/C21H30N2O4S/c24-21(20-7-4-16-27-20)22-12-14-23(15-13-22)28(25,26)19-10-8-18(9-11-19)17-5-2-1-3-6-17/h8-11,17,20H,1-7,12-16H2/t20-/m0/s1.